The van der Waals surface area contributed by atoms with E-state index in [-0.39, 0.29) is 49.7 Å². The summed E-state index contributed by atoms with van der Waals surface area (Å²) in [5.74, 6) is -0.295. The Bertz CT molecular complexity index is 2220. The summed E-state index contributed by atoms with van der Waals surface area (Å²) in [5.41, 5.74) is 5.85. The van der Waals surface area contributed by atoms with E-state index in [0.717, 1.165) is 18.2 Å². The van der Waals surface area contributed by atoms with Gasteiger partial charge in [-0.3, -0.25) is 0 Å². The van der Waals surface area contributed by atoms with Crippen molar-refractivity contribution in [3.63, 3.8) is 0 Å². The first-order chi connectivity index (χ1) is 20.3. The third-order valence-electron chi connectivity index (χ3n) is 6.28. The van der Waals surface area contributed by atoms with Gasteiger partial charge >= 0.3 is 0 Å². The summed E-state index contributed by atoms with van der Waals surface area (Å²) >= 11 is 6.22. The van der Waals surface area contributed by atoms with Crippen molar-refractivity contribution in [2.24, 2.45) is 20.5 Å². The molecule has 0 spiro atoms. The number of aromatic hydroxyl groups is 1. The number of anilines is 1. The number of rotatable bonds is 7. The number of halogens is 1. The molecule has 0 aliphatic heterocycles. The molecule has 0 bridgehead atoms. The standard InChI is InChI=1S/C27H20ClN5O8S2/c1-41-24-13-23(19(28)12-20(24)29)32-30-22-9-8-21(17-7-6-15(11-18(17)22)42(35,36)37)31-33-26-25(43(38,39)40)10-14-4-2-3-5-16(14)27(26)34/h2-13,34H,29H2,1H3,(H,35,36,37)(H,38,39,40)/p-2. The minimum Gasteiger partial charge on any atom is -0.744 e. The van der Waals surface area contributed by atoms with E-state index in [9.17, 15) is 31.0 Å². The van der Waals surface area contributed by atoms with E-state index in [0.29, 0.717) is 5.39 Å². The number of phenols is 1. The normalized spacial score (nSPS) is 12.6. The van der Waals surface area contributed by atoms with Crippen LogP contribution in [0.4, 0.5) is 28.4 Å². The maximum absolute atomic E-state index is 12.0. The Balaban J connectivity index is 1.68. The summed E-state index contributed by atoms with van der Waals surface area (Å²) in [4.78, 5) is -1.36. The average Bonchev–Trinajstić information content (AvgIpc) is 2.95. The van der Waals surface area contributed by atoms with Gasteiger partial charge in [0.1, 0.15) is 37.4 Å². The van der Waals surface area contributed by atoms with Crippen LogP contribution in [0.3, 0.4) is 0 Å². The molecule has 43 heavy (non-hydrogen) atoms. The summed E-state index contributed by atoms with van der Waals surface area (Å²) in [6.07, 6.45) is 0. The van der Waals surface area contributed by atoms with Crippen LogP contribution in [0.2, 0.25) is 5.02 Å². The Hall–Kier alpha value is -4.67. The molecule has 0 radical (unpaired) electrons. The summed E-state index contributed by atoms with van der Waals surface area (Å²) in [6, 6.07) is 16.3. The van der Waals surface area contributed by atoms with Crippen molar-refractivity contribution in [3.8, 4) is 11.5 Å². The number of nitrogens with two attached hydrogens (primary N) is 1. The Labute approximate surface area is 249 Å². The lowest BCUT2D eigenvalue weighted by molar-refractivity contribution is 0.417. The lowest BCUT2D eigenvalue weighted by Crippen LogP contribution is -1.99. The molecule has 0 aromatic heterocycles. The van der Waals surface area contributed by atoms with Gasteiger partial charge in [-0.1, -0.05) is 41.9 Å². The summed E-state index contributed by atoms with van der Waals surface area (Å²) < 4.78 is 76.6. The molecule has 0 heterocycles. The van der Waals surface area contributed by atoms with Gasteiger partial charge in [-0.25, -0.2) is 16.8 Å². The molecule has 0 aliphatic rings. The van der Waals surface area contributed by atoms with Gasteiger partial charge < -0.3 is 24.7 Å². The first-order valence-corrected chi connectivity index (χ1v) is 15.2. The zero-order valence-electron chi connectivity index (χ0n) is 21.8. The maximum atomic E-state index is 12.0. The predicted octanol–water partition coefficient (Wildman–Crippen LogP) is 6.58. The number of fused-ring (bicyclic) bond motifs is 2. The van der Waals surface area contributed by atoms with Gasteiger partial charge in [0.15, 0.2) is 5.75 Å². The first-order valence-electron chi connectivity index (χ1n) is 12.0. The SMILES string of the molecule is COc1cc(N=Nc2ccc(N=Nc3c(S(=O)(=O)[O-])cc4ccccc4c3O)c3ccc(S(=O)(=O)[O-])cc23)c(Cl)cc1N. The number of phenolic OH excluding ortho intramolecular Hbond substituents is 1. The third kappa shape index (κ3) is 5.97. The number of ether oxygens (including phenoxy) is 1. The van der Waals surface area contributed by atoms with Gasteiger partial charge in [0.2, 0.25) is 0 Å². The molecule has 16 heteroatoms. The van der Waals surface area contributed by atoms with Crippen molar-refractivity contribution < 1.29 is 35.8 Å². The summed E-state index contributed by atoms with van der Waals surface area (Å²) in [7, 11) is -8.56. The van der Waals surface area contributed by atoms with Crippen molar-refractivity contribution in [1.29, 1.82) is 0 Å². The highest BCUT2D eigenvalue weighted by Gasteiger charge is 2.18. The van der Waals surface area contributed by atoms with Crippen molar-refractivity contribution in [1.82, 2.24) is 0 Å². The van der Waals surface area contributed by atoms with Crippen molar-refractivity contribution in [3.05, 3.63) is 77.8 Å². The number of hydrogen-bond donors (Lipinski definition) is 2. The van der Waals surface area contributed by atoms with Crippen LogP contribution in [0, 0.1) is 0 Å². The van der Waals surface area contributed by atoms with Crippen LogP contribution in [-0.4, -0.2) is 38.2 Å². The van der Waals surface area contributed by atoms with E-state index >= 15 is 0 Å². The second-order valence-electron chi connectivity index (χ2n) is 8.96. The molecule has 5 aromatic rings. The number of nitrogen functional groups attached to an aromatic ring is 1. The van der Waals surface area contributed by atoms with Gasteiger partial charge in [0.05, 0.1) is 39.0 Å². The van der Waals surface area contributed by atoms with Gasteiger partial charge in [-0.15, -0.1) is 20.5 Å². The van der Waals surface area contributed by atoms with Crippen molar-refractivity contribution in [2.45, 2.75) is 9.79 Å². The Kier molecular flexibility index (Phi) is 7.76. The van der Waals surface area contributed by atoms with Gasteiger partial charge in [0.25, 0.3) is 0 Å². The topological polar surface area (TPSA) is 219 Å². The fourth-order valence-corrected chi connectivity index (χ4v) is 5.58. The number of benzene rings is 5. The Morgan fingerprint density at radius 3 is 2.09 bits per heavy atom. The fraction of sp³-hybridized carbons (Fsp3) is 0.0370. The van der Waals surface area contributed by atoms with E-state index in [2.05, 4.69) is 20.5 Å². The molecular weight excluding hydrogens is 622 g/mol. The zero-order valence-corrected chi connectivity index (χ0v) is 24.2. The summed E-state index contributed by atoms with van der Waals surface area (Å²) in [6.45, 7) is 0. The van der Waals surface area contributed by atoms with E-state index < -0.39 is 41.5 Å². The van der Waals surface area contributed by atoms with Gasteiger partial charge in [-0.05, 0) is 41.8 Å². The second-order valence-corrected chi connectivity index (χ2v) is 12.1. The molecule has 0 aliphatic carbocycles. The average molecular weight is 640 g/mol. The molecule has 13 nitrogen and oxygen atoms in total. The van der Waals surface area contributed by atoms with Gasteiger partial charge in [0, 0.05) is 22.2 Å². The quantitative estimate of drug-likeness (QED) is 0.111. The molecule has 5 aromatic carbocycles. The van der Waals surface area contributed by atoms with Crippen LogP contribution >= 0.6 is 11.6 Å². The van der Waals surface area contributed by atoms with Crippen LogP contribution in [0.5, 0.6) is 11.5 Å². The van der Waals surface area contributed by atoms with Gasteiger partial charge in [-0.2, -0.15) is 0 Å². The Morgan fingerprint density at radius 1 is 0.767 bits per heavy atom. The lowest BCUT2D eigenvalue weighted by atomic mass is 10.1. The molecule has 0 amide bonds. The smallest absolute Gasteiger partial charge is 0.152 e. The van der Waals surface area contributed by atoms with E-state index in [1.54, 1.807) is 12.1 Å². The predicted molar refractivity (Wildman–Crippen MR) is 156 cm³/mol. The number of methoxy groups -OCH3 is 1. The van der Waals surface area contributed by atoms with E-state index in [1.807, 2.05) is 0 Å². The minimum absolute atomic E-state index is 0.0535. The van der Waals surface area contributed by atoms with Crippen LogP contribution in [0.15, 0.2) is 103 Å². The highest BCUT2D eigenvalue weighted by atomic mass is 35.5. The van der Waals surface area contributed by atoms with E-state index in [1.165, 1.54) is 49.6 Å². The van der Waals surface area contributed by atoms with Crippen molar-refractivity contribution in [2.75, 3.05) is 12.8 Å². The number of nitrogens with zero attached hydrogens (tertiary/aromatic N) is 4. The molecule has 0 saturated carbocycles. The molecule has 220 valence electrons. The maximum Gasteiger partial charge on any atom is 0.152 e. The third-order valence-corrected chi connectivity index (χ3v) is 8.27. The largest absolute Gasteiger partial charge is 0.744 e. The molecule has 0 saturated heterocycles. The second kappa shape index (κ2) is 11.2. The Morgan fingerprint density at radius 2 is 1.42 bits per heavy atom. The van der Waals surface area contributed by atoms with Crippen LogP contribution in [0.1, 0.15) is 0 Å². The molecule has 0 unspecified atom stereocenters. The molecule has 3 N–H and O–H groups in total. The van der Waals surface area contributed by atoms with Crippen LogP contribution in [0.25, 0.3) is 21.5 Å². The highest BCUT2D eigenvalue weighted by molar-refractivity contribution is 7.86. The minimum atomic E-state index is -5.09. The lowest BCUT2D eigenvalue weighted by Gasteiger charge is -2.13. The van der Waals surface area contributed by atoms with E-state index in [4.69, 9.17) is 22.1 Å². The highest BCUT2D eigenvalue weighted by Crippen LogP contribution is 2.43. The summed E-state index contributed by atoms with van der Waals surface area (Å²) in [5, 5.41) is 28.0. The molecule has 0 fully saturated rings. The van der Waals surface area contributed by atoms with Crippen molar-refractivity contribution >= 4 is 81.8 Å². The van der Waals surface area contributed by atoms with Crippen LogP contribution in [-0.2, 0) is 20.2 Å². The monoisotopic (exact) mass is 639 g/mol. The number of hydrogen-bond acceptors (Lipinski definition) is 13. The molecular formula is C27H18ClN5O8S2-2. The fourth-order valence-electron chi connectivity index (χ4n) is 4.23. The molecule has 5 rings (SSSR count). The number of azo groups is 2. The zero-order chi connectivity index (χ0) is 31.1. The van der Waals surface area contributed by atoms with Crippen LogP contribution < -0.4 is 10.5 Å². The first kappa shape index (κ1) is 29.8. The molecule has 0 atom stereocenters.